The zero-order valence-electron chi connectivity index (χ0n) is 11.5. The molecule has 2 N–H and O–H groups in total. The van der Waals surface area contributed by atoms with Crippen LogP contribution < -0.4 is 10.6 Å². The van der Waals surface area contributed by atoms with Crippen LogP contribution in [0.3, 0.4) is 0 Å². The molecule has 2 aromatic rings. The Bertz CT molecular complexity index is 626. The molecule has 0 unspecified atom stereocenters. The molecule has 4 heteroatoms. The Kier molecular flexibility index (Phi) is 5.00. The highest BCUT2D eigenvalue weighted by Gasteiger charge is 2.03. The van der Waals surface area contributed by atoms with Crippen LogP contribution in [-0.2, 0) is 6.54 Å². The third-order valence-corrected chi connectivity index (χ3v) is 3.78. The Morgan fingerprint density at radius 3 is 2.60 bits per heavy atom. The average Bonchev–Trinajstić information content (AvgIpc) is 2.41. The average molecular weight is 380 g/mol. The largest absolute Gasteiger partial charge is 0.334 e. The van der Waals surface area contributed by atoms with Crippen LogP contribution in [0.4, 0.5) is 10.5 Å². The molecule has 0 saturated carbocycles. The second-order valence-corrected chi connectivity index (χ2v) is 5.98. The maximum Gasteiger partial charge on any atom is 0.319 e. The molecule has 20 heavy (non-hydrogen) atoms. The van der Waals surface area contributed by atoms with Crippen molar-refractivity contribution < 1.29 is 4.79 Å². The number of urea groups is 1. The highest BCUT2D eigenvalue weighted by molar-refractivity contribution is 14.1. The molecular weight excluding hydrogens is 363 g/mol. The summed E-state index contributed by atoms with van der Waals surface area (Å²) in [4.78, 5) is 11.8. The van der Waals surface area contributed by atoms with E-state index in [1.54, 1.807) is 0 Å². The van der Waals surface area contributed by atoms with E-state index in [1.807, 2.05) is 43.3 Å². The van der Waals surface area contributed by atoms with Gasteiger partial charge in [0.25, 0.3) is 0 Å². The van der Waals surface area contributed by atoms with Gasteiger partial charge in [0.2, 0.25) is 0 Å². The molecule has 0 heterocycles. The molecule has 3 nitrogen and oxygen atoms in total. The standard InChI is InChI=1S/C16H17IN2O/c1-11-6-7-15(8-12(11)2)19-16(20)18-10-13-4-3-5-14(17)9-13/h3-9H,10H2,1-2H3,(H2,18,19,20). The quantitative estimate of drug-likeness (QED) is 0.769. The van der Waals surface area contributed by atoms with Crippen molar-refractivity contribution in [2.75, 3.05) is 5.32 Å². The third kappa shape index (κ3) is 4.23. The molecule has 0 aliphatic carbocycles. The Morgan fingerprint density at radius 2 is 1.90 bits per heavy atom. The van der Waals surface area contributed by atoms with Gasteiger partial charge in [-0.2, -0.15) is 0 Å². The lowest BCUT2D eigenvalue weighted by Gasteiger charge is -2.09. The summed E-state index contributed by atoms with van der Waals surface area (Å²) in [6.45, 7) is 4.61. The normalized spacial score (nSPS) is 10.2. The molecule has 0 radical (unpaired) electrons. The van der Waals surface area contributed by atoms with Crippen LogP contribution in [-0.4, -0.2) is 6.03 Å². The second kappa shape index (κ2) is 6.74. The van der Waals surface area contributed by atoms with E-state index in [0.29, 0.717) is 6.54 Å². The monoisotopic (exact) mass is 380 g/mol. The molecule has 0 aromatic heterocycles. The fourth-order valence-corrected chi connectivity index (χ4v) is 2.43. The molecule has 0 spiro atoms. The molecule has 104 valence electrons. The molecule has 2 amide bonds. The first-order valence-electron chi connectivity index (χ1n) is 6.41. The van der Waals surface area contributed by atoms with E-state index >= 15 is 0 Å². The number of hydrogen-bond donors (Lipinski definition) is 2. The van der Waals surface area contributed by atoms with Gasteiger partial charge >= 0.3 is 6.03 Å². The van der Waals surface area contributed by atoms with Crippen molar-refractivity contribution in [3.8, 4) is 0 Å². The van der Waals surface area contributed by atoms with Gasteiger partial charge in [-0.25, -0.2) is 4.79 Å². The van der Waals surface area contributed by atoms with Gasteiger partial charge in [0, 0.05) is 15.8 Å². The maximum atomic E-state index is 11.8. The lowest BCUT2D eigenvalue weighted by molar-refractivity contribution is 0.251. The minimum atomic E-state index is -0.188. The van der Waals surface area contributed by atoms with E-state index in [4.69, 9.17) is 0 Å². The van der Waals surface area contributed by atoms with Gasteiger partial charge in [0.05, 0.1) is 0 Å². The number of amides is 2. The predicted octanol–water partition coefficient (Wildman–Crippen LogP) is 4.23. The van der Waals surface area contributed by atoms with Crippen molar-refractivity contribution in [2.45, 2.75) is 20.4 Å². The van der Waals surface area contributed by atoms with Gasteiger partial charge in [-0.15, -0.1) is 0 Å². The van der Waals surface area contributed by atoms with Gasteiger partial charge in [0.15, 0.2) is 0 Å². The summed E-state index contributed by atoms with van der Waals surface area (Å²) in [5.74, 6) is 0. The van der Waals surface area contributed by atoms with Crippen LogP contribution in [0.15, 0.2) is 42.5 Å². The second-order valence-electron chi connectivity index (χ2n) is 4.74. The number of hydrogen-bond acceptors (Lipinski definition) is 1. The lowest BCUT2D eigenvalue weighted by atomic mass is 10.1. The summed E-state index contributed by atoms with van der Waals surface area (Å²) in [6, 6.07) is 13.8. The summed E-state index contributed by atoms with van der Waals surface area (Å²) in [6.07, 6.45) is 0. The van der Waals surface area contributed by atoms with Crippen molar-refractivity contribution in [1.29, 1.82) is 0 Å². The number of anilines is 1. The SMILES string of the molecule is Cc1ccc(NC(=O)NCc2cccc(I)c2)cc1C. The van der Waals surface area contributed by atoms with Gasteiger partial charge in [-0.05, 0) is 77.4 Å². The molecule has 0 saturated heterocycles. The molecule has 0 atom stereocenters. The van der Waals surface area contributed by atoms with Crippen molar-refractivity contribution in [2.24, 2.45) is 0 Å². The topological polar surface area (TPSA) is 41.1 Å². The highest BCUT2D eigenvalue weighted by atomic mass is 127. The molecule has 0 bridgehead atoms. The summed E-state index contributed by atoms with van der Waals surface area (Å²) < 4.78 is 1.16. The molecule has 2 rings (SSSR count). The zero-order chi connectivity index (χ0) is 14.5. The van der Waals surface area contributed by atoms with Crippen LogP contribution in [0.25, 0.3) is 0 Å². The molecular formula is C16H17IN2O. The van der Waals surface area contributed by atoms with Crippen molar-refractivity contribution in [3.05, 3.63) is 62.7 Å². The lowest BCUT2D eigenvalue weighted by Crippen LogP contribution is -2.28. The first-order chi connectivity index (χ1) is 9.54. The van der Waals surface area contributed by atoms with Crippen LogP contribution in [0.1, 0.15) is 16.7 Å². The zero-order valence-corrected chi connectivity index (χ0v) is 13.7. The Morgan fingerprint density at radius 1 is 1.10 bits per heavy atom. The molecule has 2 aromatic carbocycles. The number of aryl methyl sites for hydroxylation is 2. The fourth-order valence-electron chi connectivity index (χ4n) is 1.82. The van der Waals surface area contributed by atoms with Crippen molar-refractivity contribution in [1.82, 2.24) is 5.32 Å². The number of rotatable bonds is 3. The fraction of sp³-hybridized carbons (Fsp3) is 0.188. The summed E-state index contributed by atoms with van der Waals surface area (Å²) in [5.41, 5.74) is 4.29. The smallest absolute Gasteiger partial charge is 0.319 e. The van der Waals surface area contributed by atoms with Crippen LogP contribution in [0.2, 0.25) is 0 Å². The van der Waals surface area contributed by atoms with Crippen molar-refractivity contribution in [3.63, 3.8) is 0 Å². The van der Waals surface area contributed by atoms with E-state index in [0.717, 1.165) is 14.8 Å². The first kappa shape index (κ1) is 14.8. The predicted molar refractivity (Wildman–Crippen MR) is 90.9 cm³/mol. The van der Waals surface area contributed by atoms with Gasteiger partial charge in [-0.1, -0.05) is 18.2 Å². The van der Waals surface area contributed by atoms with E-state index in [-0.39, 0.29) is 6.03 Å². The molecule has 0 aliphatic rings. The van der Waals surface area contributed by atoms with Crippen LogP contribution in [0, 0.1) is 17.4 Å². The van der Waals surface area contributed by atoms with E-state index in [9.17, 15) is 4.79 Å². The third-order valence-electron chi connectivity index (χ3n) is 3.11. The highest BCUT2D eigenvalue weighted by Crippen LogP contribution is 2.14. The van der Waals surface area contributed by atoms with E-state index < -0.39 is 0 Å². The number of carbonyl (C=O) groups is 1. The Hall–Kier alpha value is -1.56. The number of halogens is 1. The Labute approximate surface area is 132 Å². The number of carbonyl (C=O) groups excluding carboxylic acids is 1. The van der Waals surface area contributed by atoms with E-state index in [2.05, 4.69) is 46.2 Å². The maximum absolute atomic E-state index is 11.8. The number of nitrogens with one attached hydrogen (secondary N) is 2. The van der Waals surface area contributed by atoms with Crippen LogP contribution in [0.5, 0.6) is 0 Å². The van der Waals surface area contributed by atoms with Gasteiger partial charge < -0.3 is 10.6 Å². The first-order valence-corrected chi connectivity index (χ1v) is 7.49. The van der Waals surface area contributed by atoms with Crippen molar-refractivity contribution >= 4 is 34.3 Å². The Balaban J connectivity index is 1.91. The van der Waals surface area contributed by atoms with E-state index in [1.165, 1.54) is 11.1 Å². The minimum absolute atomic E-state index is 0.188. The number of benzene rings is 2. The molecule has 0 aliphatic heterocycles. The minimum Gasteiger partial charge on any atom is -0.334 e. The molecule has 0 fully saturated rings. The summed E-state index contributed by atoms with van der Waals surface area (Å²) in [7, 11) is 0. The van der Waals surface area contributed by atoms with Crippen LogP contribution >= 0.6 is 22.6 Å². The summed E-state index contributed by atoms with van der Waals surface area (Å²) in [5, 5.41) is 5.70. The van der Waals surface area contributed by atoms with Gasteiger partial charge in [0.1, 0.15) is 0 Å². The summed E-state index contributed by atoms with van der Waals surface area (Å²) >= 11 is 2.26. The van der Waals surface area contributed by atoms with Gasteiger partial charge in [-0.3, -0.25) is 0 Å².